The number of aryl methyl sites for hydroxylation is 16. The first-order valence-corrected chi connectivity index (χ1v) is 28.3. The van der Waals surface area contributed by atoms with Gasteiger partial charge in [0.05, 0.1) is 0 Å². The fourth-order valence-corrected chi connectivity index (χ4v) is 10.5. The van der Waals surface area contributed by atoms with E-state index in [1.807, 2.05) is 105 Å². The normalized spacial score (nSPS) is 12.7. The van der Waals surface area contributed by atoms with Gasteiger partial charge in [-0.15, -0.1) is 0 Å². The van der Waals surface area contributed by atoms with Gasteiger partial charge in [0.25, 0.3) is 0 Å². The van der Waals surface area contributed by atoms with E-state index in [1.165, 1.54) is 67.0 Å². The summed E-state index contributed by atoms with van der Waals surface area (Å²) in [7, 11) is 9.91. The smallest absolute Gasteiger partial charge is 0.201 e. The van der Waals surface area contributed by atoms with Crippen molar-refractivity contribution in [1.82, 2.24) is 0 Å². The molecule has 0 atom stereocenters. The van der Waals surface area contributed by atoms with Gasteiger partial charge < -0.3 is 0 Å². The van der Waals surface area contributed by atoms with Crippen LogP contribution in [0.5, 0.6) is 0 Å². The second-order valence-electron chi connectivity index (χ2n) is 22.3. The first-order chi connectivity index (χ1) is 42.5. The van der Waals surface area contributed by atoms with E-state index < -0.39 is 20.6 Å². The van der Waals surface area contributed by atoms with E-state index in [2.05, 4.69) is 201 Å². The molecule has 0 radical (unpaired) electrons. The lowest BCUT2D eigenvalue weighted by atomic mass is 9.97. The van der Waals surface area contributed by atoms with Crippen LogP contribution in [-0.4, -0.2) is 0 Å². The molecule has 10 rings (SSSR count). The van der Waals surface area contributed by atoms with E-state index in [4.69, 9.17) is 12.3 Å². The Bertz CT molecular complexity index is 4170. The Morgan fingerprint density at radius 3 is 1.18 bits per heavy atom. The van der Waals surface area contributed by atoms with Gasteiger partial charge in [0, 0.05) is 97.3 Å². The number of nitrogens with zero attached hydrogens (tertiary/aromatic N) is 5. The summed E-state index contributed by atoms with van der Waals surface area (Å²) in [4.78, 5) is 0. The van der Waals surface area contributed by atoms with E-state index >= 15 is 0 Å². The molecule has 5 heterocycles. The van der Waals surface area contributed by atoms with Crippen LogP contribution in [0.1, 0.15) is 116 Å². The summed E-state index contributed by atoms with van der Waals surface area (Å²) >= 11 is 0. The first-order valence-electron chi connectivity index (χ1n) is 32.8. The van der Waals surface area contributed by atoms with E-state index in [-0.39, 0.29) is 0 Å². The van der Waals surface area contributed by atoms with Crippen molar-refractivity contribution in [3.05, 3.63) is 266 Å². The van der Waals surface area contributed by atoms with Crippen LogP contribution in [0.25, 0.3) is 56.3 Å². The summed E-state index contributed by atoms with van der Waals surface area (Å²) in [5.41, 5.74) is 27.0. The third-order valence-electron chi connectivity index (χ3n) is 15.6. The highest BCUT2D eigenvalue weighted by Gasteiger charge is 2.21. The number of benzene rings is 5. The Balaban J connectivity index is 0.000000181. The molecular formula is C77H94N5+5. The molecule has 5 aromatic carbocycles. The molecule has 10 aromatic rings. The van der Waals surface area contributed by atoms with E-state index in [0.29, 0.717) is 22.6 Å². The second kappa shape index (κ2) is 28.5. The molecule has 5 heteroatoms. The highest BCUT2D eigenvalue weighted by Crippen LogP contribution is 2.28. The van der Waals surface area contributed by atoms with E-state index in [9.17, 15) is 0 Å². The van der Waals surface area contributed by atoms with Crippen LogP contribution < -0.4 is 22.8 Å². The van der Waals surface area contributed by atoms with Crippen LogP contribution in [-0.2, 0) is 35.2 Å². The molecule has 0 aliphatic rings. The SMILES string of the molecule is Cc1ccccc1-c1c(C)c(C)cc[n+]1C.Cc1ccccc1-c1ccc(C(C)C)c[n+]1C.[2H]C([2H])([2H])c1c[n+](C)c(-c2ccccc2C)c(C)c1C.[2H]C([2H])([2H])c1c[n+](C)c(-c2ccccc2C)cc1C.[2H]C([2H])([2H])c1cc(C)c(-c2ccccc2C)[n+](C)c1. The van der Waals surface area contributed by atoms with Crippen LogP contribution in [0.3, 0.4) is 0 Å². The van der Waals surface area contributed by atoms with Gasteiger partial charge in [0.15, 0.2) is 31.0 Å². The Morgan fingerprint density at radius 1 is 0.305 bits per heavy atom. The minimum Gasteiger partial charge on any atom is -0.201 e. The lowest BCUT2D eigenvalue weighted by molar-refractivity contribution is -0.661. The second-order valence-corrected chi connectivity index (χ2v) is 22.3. The number of hydrogen-bond acceptors (Lipinski definition) is 0. The van der Waals surface area contributed by atoms with Crippen LogP contribution in [0.4, 0.5) is 0 Å². The number of hydrogen-bond donors (Lipinski definition) is 0. The van der Waals surface area contributed by atoms with Gasteiger partial charge in [-0.3, -0.25) is 0 Å². The predicted octanol–water partition coefficient (Wildman–Crippen LogP) is 16.3. The van der Waals surface area contributed by atoms with Crippen molar-refractivity contribution in [2.45, 2.75) is 116 Å². The van der Waals surface area contributed by atoms with Crippen LogP contribution in [0.15, 0.2) is 183 Å². The first kappa shape index (κ1) is 50.8. The fraction of sp³-hybridized carbons (Fsp3) is 0.286. The minimum atomic E-state index is -2.07. The average molecular weight is 1100 g/mol. The van der Waals surface area contributed by atoms with Crippen molar-refractivity contribution < 1.29 is 35.2 Å². The van der Waals surface area contributed by atoms with Gasteiger partial charge in [0.1, 0.15) is 35.2 Å². The number of pyridine rings is 5. The molecule has 0 unspecified atom stereocenters. The third-order valence-corrected chi connectivity index (χ3v) is 15.6. The zero-order chi connectivity index (χ0) is 67.6. The molecule has 0 aliphatic heterocycles. The molecule has 0 spiro atoms. The summed E-state index contributed by atoms with van der Waals surface area (Å²) in [5, 5.41) is 0. The summed E-state index contributed by atoms with van der Waals surface area (Å²) in [5.74, 6) is 0.576. The fourth-order valence-electron chi connectivity index (χ4n) is 10.5. The predicted molar refractivity (Wildman–Crippen MR) is 346 cm³/mol. The molecule has 0 N–H and O–H groups in total. The van der Waals surface area contributed by atoms with Crippen molar-refractivity contribution in [2.75, 3.05) is 0 Å². The van der Waals surface area contributed by atoms with E-state index in [0.717, 1.165) is 56.0 Å². The number of rotatable bonds is 6. The quantitative estimate of drug-likeness (QED) is 0.148. The highest BCUT2D eigenvalue weighted by molar-refractivity contribution is 5.67. The van der Waals surface area contributed by atoms with Crippen LogP contribution in [0.2, 0.25) is 0 Å². The Morgan fingerprint density at radius 2 is 0.732 bits per heavy atom. The monoisotopic (exact) mass is 1100 g/mol. The Hall–Kier alpha value is -8.15. The van der Waals surface area contributed by atoms with Crippen LogP contribution >= 0.6 is 0 Å². The summed E-state index contributed by atoms with van der Waals surface area (Å²) in [6, 6.07) is 51.8. The van der Waals surface area contributed by atoms with Gasteiger partial charge in [-0.1, -0.05) is 105 Å². The minimum absolute atomic E-state index is 0.379. The van der Waals surface area contributed by atoms with Crippen molar-refractivity contribution in [3.8, 4) is 56.3 Å². The third kappa shape index (κ3) is 15.4. The zero-order valence-corrected chi connectivity index (χ0v) is 52.1. The number of aromatic nitrogens is 5. The van der Waals surface area contributed by atoms with E-state index in [1.54, 1.807) is 24.7 Å². The molecule has 0 amide bonds. The Labute approximate surface area is 507 Å². The molecule has 0 aliphatic carbocycles. The van der Waals surface area contributed by atoms with Crippen molar-refractivity contribution in [3.63, 3.8) is 0 Å². The molecule has 422 valence electrons. The molecule has 82 heavy (non-hydrogen) atoms. The molecule has 5 aromatic heterocycles. The largest absolute Gasteiger partial charge is 0.215 e. The van der Waals surface area contributed by atoms with Crippen molar-refractivity contribution >= 4 is 0 Å². The van der Waals surface area contributed by atoms with Gasteiger partial charge in [-0.2, -0.15) is 0 Å². The molecule has 5 nitrogen and oxygen atoms in total. The van der Waals surface area contributed by atoms with Gasteiger partial charge in [-0.05, 0) is 190 Å². The summed E-state index contributed by atoms with van der Waals surface area (Å²) in [6.07, 6.45) is 9.50. The summed E-state index contributed by atoms with van der Waals surface area (Å²) in [6.45, 7) is 20.8. The van der Waals surface area contributed by atoms with Crippen LogP contribution in [0, 0.1) is 96.7 Å². The zero-order valence-electron chi connectivity index (χ0n) is 61.1. The topological polar surface area (TPSA) is 19.4 Å². The van der Waals surface area contributed by atoms with Gasteiger partial charge in [-0.25, -0.2) is 22.8 Å². The molecule has 0 saturated carbocycles. The average Bonchev–Trinajstić information content (AvgIpc) is 0.926. The van der Waals surface area contributed by atoms with Crippen molar-refractivity contribution in [2.24, 2.45) is 35.2 Å². The molecule has 0 fully saturated rings. The standard InChI is InChI=1S/2C16H20N.3C15H18N/c1-11-8-6-7-9-15(11)16-14(4)13(3)12(2)10-17(16)5;1-12(2)14-9-10-16(17(4)11-14)15-8-6-5-7-13(15)3;1-11-9-13(3)15(16(4)10-11)14-8-6-5-7-12(14)2;1-11-7-5-6-8-14(11)15-9-12(2)13(3)10-16(15)4;1-11-9-10-16(4)15(13(11)3)14-8-6-5-7-12(14)2/h6-10H,1-5H3;5-12H,1-4H3;3*5-10H,1-4H3/q5*+1/i2D3;;1D3;3D3;. The lowest BCUT2D eigenvalue weighted by Gasteiger charge is -2.10. The van der Waals surface area contributed by atoms with Crippen molar-refractivity contribution in [1.29, 1.82) is 0 Å². The lowest BCUT2D eigenvalue weighted by Crippen LogP contribution is -2.33. The molecule has 0 bridgehead atoms. The maximum Gasteiger partial charge on any atom is 0.215 e. The maximum atomic E-state index is 7.64. The van der Waals surface area contributed by atoms with Gasteiger partial charge in [0.2, 0.25) is 28.5 Å². The highest BCUT2D eigenvalue weighted by atomic mass is 14.9. The Kier molecular flexibility index (Phi) is 17.7. The summed E-state index contributed by atoms with van der Waals surface area (Å²) < 4.78 is 78.2. The molecule has 0 saturated heterocycles. The molecular weight excluding hydrogens is 995 g/mol. The van der Waals surface area contributed by atoms with Gasteiger partial charge >= 0.3 is 0 Å². The maximum absolute atomic E-state index is 7.64.